The van der Waals surface area contributed by atoms with Gasteiger partial charge in [0, 0.05) is 45.7 Å². The molecule has 1 atom stereocenters. The lowest BCUT2D eigenvalue weighted by atomic mass is 10.1. The number of fused-ring (bicyclic) bond motifs is 2. The van der Waals surface area contributed by atoms with E-state index in [0.717, 1.165) is 0 Å². The maximum atomic E-state index is 12.2. The molecule has 36 heavy (non-hydrogen) atoms. The van der Waals surface area contributed by atoms with Crippen molar-refractivity contribution in [2.75, 3.05) is 52.5 Å². The zero-order valence-electron chi connectivity index (χ0n) is 20.9. The van der Waals surface area contributed by atoms with Gasteiger partial charge in [-0.1, -0.05) is 6.07 Å². The van der Waals surface area contributed by atoms with E-state index in [1.807, 2.05) is 21.9 Å². The summed E-state index contributed by atoms with van der Waals surface area (Å²) in [6, 6.07) is 4.40. The van der Waals surface area contributed by atoms with Crippen molar-refractivity contribution >= 4 is 23.9 Å². The van der Waals surface area contributed by atoms with Crippen molar-refractivity contribution in [3.05, 3.63) is 29.6 Å². The summed E-state index contributed by atoms with van der Waals surface area (Å²) in [5, 5.41) is 19.0. The van der Waals surface area contributed by atoms with E-state index < -0.39 is 23.9 Å². The van der Waals surface area contributed by atoms with Crippen molar-refractivity contribution in [1.82, 2.24) is 19.7 Å². The van der Waals surface area contributed by atoms with Gasteiger partial charge in [0.25, 0.3) is 0 Å². The second-order valence-electron chi connectivity index (χ2n) is 8.47. The van der Waals surface area contributed by atoms with Gasteiger partial charge in [0.05, 0.1) is 37.7 Å². The van der Waals surface area contributed by atoms with E-state index in [2.05, 4.69) is 4.98 Å². The van der Waals surface area contributed by atoms with E-state index in [0.29, 0.717) is 37.6 Å². The van der Waals surface area contributed by atoms with Crippen LogP contribution in [0, 0.1) is 0 Å². The monoisotopic (exact) mass is 508 g/mol. The number of aliphatic carboxylic acids is 2. The summed E-state index contributed by atoms with van der Waals surface area (Å²) in [6.45, 7) is 6.05. The molecular weight excluding hydrogens is 472 g/mol. The summed E-state index contributed by atoms with van der Waals surface area (Å²) in [4.78, 5) is 57.7. The third kappa shape index (κ3) is 10.3. The van der Waals surface area contributed by atoms with Gasteiger partial charge in [-0.2, -0.15) is 0 Å². The SMILES string of the molecule is CCOC(=O)CN1CCN(CC(=O)OCC)Cc2cccc(n2)CN(C(CCC(=O)O)C(=O)O)CC1. The molecule has 0 saturated carbocycles. The third-order valence-corrected chi connectivity index (χ3v) is 5.72. The van der Waals surface area contributed by atoms with Crippen LogP contribution < -0.4 is 0 Å². The Morgan fingerprint density at radius 1 is 0.889 bits per heavy atom. The minimum atomic E-state index is -1.11. The lowest BCUT2D eigenvalue weighted by Gasteiger charge is -2.33. The first-order valence-electron chi connectivity index (χ1n) is 12.1. The summed E-state index contributed by atoms with van der Waals surface area (Å²) in [6.07, 6.45) is -0.341. The summed E-state index contributed by atoms with van der Waals surface area (Å²) in [5.41, 5.74) is 1.33. The predicted molar refractivity (Wildman–Crippen MR) is 128 cm³/mol. The van der Waals surface area contributed by atoms with Crippen LogP contribution in [-0.2, 0) is 41.7 Å². The Kier molecular flexibility index (Phi) is 12.2. The molecule has 200 valence electrons. The quantitative estimate of drug-likeness (QED) is 0.399. The normalized spacial score (nSPS) is 16.8. The van der Waals surface area contributed by atoms with E-state index in [1.165, 1.54) is 0 Å². The first-order chi connectivity index (χ1) is 17.2. The molecule has 0 radical (unpaired) electrons. The fourth-order valence-corrected chi connectivity index (χ4v) is 4.03. The van der Waals surface area contributed by atoms with Crippen LogP contribution in [0.1, 0.15) is 38.1 Å². The Balaban J connectivity index is 2.34. The number of ether oxygens (including phenoxy) is 2. The van der Waals surface area contributed by atoms with E-state index in [1.54, 1.807) is 24.8 Å². The second kappa shape index (κ2) is 15.1. The first kappa shape index (κ1) is 29.1. The number of esters is 2. The molecule has 2 bridgehead atoms. The van der Waals surface area contributed by atoms with Crippen molar-refractivity contribution in [3.8, 4) is 0 Å². The molecule has 2 heterocycles. The summed E-state index contributed by atoms with van der Waals surface area (Å²) < 4.78 is 10.2. The molecule has 0 fully saturated rings. The molecule has 1 unspecified atom stereocenters. The number of carbonyl (C=O) groups excluding carboxylic acids is 2. The highest BCUT2D eigenvalue weighted by Gasteiger charge is 2.28. The van der Waals surface area contributed by atoms with Crippen LogP contribution in [0.3, 0.4) is 0 Å². The van der Waals surface area contributed by atoms with Crippen LogP contribution in [0.15, 0.2) is 18.2 Å². The number of aromatic nitrogens is 1. The molecule has 1 aromatic heterocycles. The van der Waals surface area contributed by atoms with Gasteiger partial charge in [0.2, 0.25) is 0 Å². The van der Waals surface area contributed by atoms with E-state index in [-0.39, 0.29) is 58.2 Å². The van der Waals surface area contributed by atoms with Crippen molar-refractivity contribution in [3.63, 3.8) is 0 Å². The van der Waals surface area contributed by atoms with Crippen LogP contribution in [0.2, 0.25) is 0 Å². The highest BCUT2D eigenvalue weighted by atomic mass is 16.5. The number of hydrogen-bond donors (Lipinski definition) is 2. The summed E-state index contributed by atoms with van der Waals surface area (Å²) in [7, 11) is 0. The number of carboxylic acid groups (broad SMARTS) is 2. The van der Waals surface area contributed by atoms with Crippen molar-refractivity contribution in [2.45, 2.75) is 45.8 Å². The zero-order chi connectivity index (χ0) is 26.5. The highest BCUT2D eigenvalue weighted by molar-refractivity contribution is 5.75. The molecule has 2 rings (SSSR count). The Labute approximate surface area is 210 Å². The molecule has 12 heteroatoms. The average molecular weight is 509 g/mol. The standard InChI is InChI=1S/C24H36N4O8/c1-3-35-22(31)16-26-10-11-27(17-23(32)36-4-2)14-18-6-5-7-19(25-18)15-28(13-12-26)20(24(33)34)8-9-21(29)30/h5-7,20H,3-4,8-17H2,1-2H3,(H,29,30)(H,33,34). The first-order valence-corrected chi connectivity index (χ1v) is 12.1. The maximum absolute atomic E-state index is 12.2. The lowest BCUT2D eigenvalue weighted by molar-refractivity contribution is -0.147. The highest BCUT2D eigenvalue weighted by Crippen LogP contribution is 2.15. The van der Waals surface area contributed by atoms with E-state index in [9.17, 15) is 24.3 Å². The topological polar surface area (TPSA) is 150 Å². The smallest absolute Gasteiger partial charge is 0.320 e. The molecule has 0 saturated heterocycles. The molecule has 0 spiro atoms. The number of carbonyl (C=O) groups is 4. The molecular formula is C24H36N4O8. The van der Waals surface area contributed by atoms with Gasteiger partial charge in [-0.15, -0.1) is 0 Å². The number of pyridine rings is 1. The van der Waals surface area contributed by atoms with E-state index >= 15 is 0 Å². The fraction of sp³-hybridized carbons (Fsp3) is 0.625. The zero-order valence-corrected chi connectivity index (χ0v) is 20.9. The van der Waals surface area contributed by atoms with Gasteiger partial charge in [-0.05, 0) is 32.4 Å². The number of hydrogen-bond acceptors (Lipinski definition) is 10. The molecule has 0 amide bonds. The van der Waals surface area contributed by atoms with Crippen LogP contribution >= 0.6 is 0 Å². The second-order valence-corrected chi connectivity index (χ2v) is 8.47. The Hall–Kier alpha value is -3.09. The van der Waals surface area contributed by atoms with Gasteiger partial charge in [0.1, 0.15) is 6.04 Å². The van der Waals surface area contributed by atoms with Gasteiger partial charge in [0.15, 0.2) is 0 Å². The Morgan fingerprint density at radius 3 is 2.03 bits per heavy atom. The van der Waals surface area contributed by atoms with Crippen LogP contribution in [-0.4, -0.2) is 112 Å². The number of rotatable bonds is 11. The predicted octanol–water partition coefficient (Wildman–Crippen LogP) is 0.445. The number of carboxylic acids is 2. The molecule has 1 aromatic rings. The van der Waals surface area contributed by atoms with Crippen molar-refractivity contribution in [1.29, 1.82) is 0 Å². The van der Waals surface area contributed by atoms with Gasteiger partial charge in [-0.25, -0.2) is 0 Å². The lowest BCUT2D eigenvalue weighted by Crippen LogP contribution is -2.47. The third-order valence-electron chi connectivity index (χ3n) is 5.72. The van der Waals surface area contributed by atoms with E-state index in [4.69, 9.17) is 14.6 Å². The van der Waals surface area contributed by atoms with Crippen molar-refractivity contribution < 1.29 is 38.9 Å². The van der Waals surface area contributed by atoms with Crippen LogP contribution in [0.5, 0.6) is 0 Å². The minimum absolute atomic E-state index is 0.00529. The van der Waals surface area contributed by atoms with Gasteiger partial charge >= 0.3 is 23.9 Å². The molecule has 1 aliphatic heterocycles. The maximum Gasteiger partial charge on any atom is 0.320 e. The Bertz CT molecular complexity index is 897. The van der Waals surface area contributed by atoms with Gasteiger partial charge in [-0.3, -0.25) is 38.9 Å². The molecule has 2 N–H and O–H groups in total. The summed E-state index contributed by atoms with van der Waals surface area (Å²) in [5.74, 6) is -2.94. The summed E-state index contributed by atoms with van der Waals surface area (Å²) >= 11 is 0. The van der Waals surface area contributed by atoms with Crippen LogP contribution in [0.25, 0.3) is 0 Å². The minimum Gasteiger partial charge on any atom is -0.481 e. The van der Waals surface area contributed by atoms with Crippen LogP contribution in [0.4, 0.5) is 0 Å². The number of nitrogens with zero attached hydrogens (tertiary/aromatic N) is 4. The largest absolute Gasteiger partial charge is 0.481 e. The molecule has 0 aromatic carbocycles. The Morgan fingerprint density at radius 2 is 1.44 bits per heavy atom. The average Bonchev–Trinajstić information content (AvgIpc) is 2.80. The van der Waals surface area contributed by atoms with Crippen molar-refractivity contribution in [2.24, 2.45) is 0 Å². The molecule has 0 aliphatic carbocycles. The molecule has 1 aliphatic rings. The van der Waals surface area contributed by atoms with Gasteiger partial charge < -0.3 is 19.7 Å². The molecule has 12 nitrogen and oxygen atoms in total. The fourth-order valence-electron chi connectivity index (χ4n) is 4.03.